The third-order valence-electron chi connectivity index (χ3n) is 3.77. The van der Waals surface area contributed by atoms with E-state index in [2.05, 4.69) is 6.07 Å². The Bertz CT molecular complexity index is 706. The molecule has 2 aliphatic heterocycles. The van der Waals surface area contributed by atoms with Crippen LogP contribution in [0.2, 0.25) is 0 Å². The molecule has 2 aliphatic rings. The lowest BCUT2D eigenvalue weighted by Gasteiger charge is -2.29. The highest BCUT2D eigenvalue weighted by molar-refractivity contribution is 5.97. The molecular formula is C17H13NO2. The Morgan fingerprint density at radius 1 is 1.00 bits per heavy atom. The van der Waals surface area contributed by atoms with Crippen LogP contribution in [0.5, 0.6) is 0 Å². The van der Waals surface area contributed by atoms with E-state index in [0.717, 1.165) is 17.7 Å². The zero-order valence-corrected chi connectivity index (χ0v) is 10.8. The van der Waals surface area contributed by atoms with Crippen molar-refractivity contribution < 1.29 is 9.53 Å². The molecule has 3 nitrogen and oxygen atoms in total. The zero-order chi connectivity index (χ0) is 13.5. The molecule has 20 heavy (non-hydrogen) atoms. The first-order valence-corrected chi connectivity index (χ1v) is 6.68. The van der Waals surface area contributed by atoms with Gasteiger partial charge >= 0.3 is 5.97 Å². The van der Waals surface area contributed by atoms with Crippen LogP contribution in [0.3, 0.4) is 0 Å². The van der Waals surface area contributed by atoms with Crippen LogP contribution >= 0.6 is 0 Å². The van der Waals surface area contributed by atoms with Gasteiger partial charge in [0, 0.05) is 11.3 Å². The number of carbonyl (C=O) groups excluding carboxylic acids is 1. The smallest absolute Gasteiger partial charge is 0.356 e. The molecule has 1 fully saturated rings. The molecule has 0 spiro atoms. The van der Waals surface area contributed by atoms with Gasteiger partial charge in [0.05, 0.1) is 0 Å². The van der Waals surface area contributed by atoms with Crippen molar-refractivity contribution in [3.8, 4) is 0 Å². The van der Waals surface area contributed by atoms with Gasteiger partial charge in [0.25, 0.3) is 0 Å². The lowest BCUT2D eigenvalue weighted by atomic mass is 10.0. The molecule has 1 unspecified atom stereocenters. The van der Waals surface area contributed by atoms with E-state index in [1.165, 1.54) is 5.56 Å². The molecule has 1 saturated heterocycles. The van der Waals surface area contributed by atoms with E-state index in [-0.39, 0.29) is 12.2 Å². The molecule has 4 rings (SSSR count). The van der Waals surface area contributed by atoms with Crippen molar-refractivity contribution in [2.45, 2.75) is 12.6 Å². The molecule has 2 aromatic carbocycles. The first-order valence-electron chi connectivity index (χ1n) is 6.68. The summed E-state index contributed by atoms with van der Waals surface area (Å²) in [7, 11) is 0. The number of hydrogen-bond acceptors (Lipinski definition) is 3. The number of carbonyl (C=O) groups is 1. The molecule has 1 atom stereocenters. The number of fused-ring (bicyclic) bond motifs is 3. The fourth-order valence-corrected chi connectivity index (χ4v) is 2.84. The minimum Gasteiger partial charge on any atom is -0.432 e. The van der Waals surface area contributed by atoms with Crippen molar-refractivity contribution in [1.29, 1.82) is 0 Å². The molecule has 2 heterocycles. The van der Waals surface area contributed by atoms with Gasteiger partial charge in [-0.05, 0) is 24.1 Å². The number of para-hydroxylation sites is 1. The van der Waals surface area contributed by atoms with Crippen LogP contribution in [0.4, 0.5) is 5.69 Å². The maximum atomic E-state index is 12.1. The molecular weight excluding hydrogens is 250 g/mol. The first-order chi connectivity index (χ1) is 9.84. The third kappa shape index (κ3) is 1.56. The summed E-state index contributed by atoms with van der Waals surface area (Å²) < 4.78 is 5.57. The summed E-state index contributed by atoms with van der Waals surface area (Å²) in [6, 6.07) is 18.0. The molecule has 0 aromatic heterocycles. The fraction of sp³-hybridized carbons (Fsp3) is 0.118. The van der Waals surface area contributed by atoms with E-state index < -0.39 is 0 Å². The number of anilines is 1. The van der Waals surface area contributed by atoms with Crippen LogP contribution in [-0.4, -0.2) is 5.97 Å². The van der Waals surface area contributed by atoms with Gasteiger partial charge in [-0.1, -0.05) is 48.5 Å². The van der Waals surface area contributed by atoms with E-state index >= 15 is 0 Å². The highest BCUT2D eigenvalue weighted by atomic mass is 16.6. The van der Waals surface area contributed by atoms with Crippen LogP contribution in [0, 0.1) is 0 Å². The molecule has 0 aliphatic carbocycles. The van der Waals surface area contributed by atoms with Crippen molar-refractivity contribution in [2.75, 3.05) is 4.90 Å². The Labute approximate surface area is 117 Å². The van der Waals surface area contributed by atoms with Crippen molar-refractivity contribution in [1.82, 2.24) is 0 Å². The number of cyclic esters (lactones) is 1. The number of ether oxygens (including phenoxy) is 1. The summed E-state index contributed by atoms with van der Waals surface area (Å²) in [5, 5.41) is 0. The second-order valence-corrected chi connectivity index (χ2v) is 4.96. The summed E-state index contributed by atoms with van der Waals surface area (Å²) in [4.78, 5) is 14.1. The van der Waals surface area contributed by atoms with Crippen LogP contribution in [0.25, 0.3) is 0 Å². The Balaban J connectivity index is 1.86. The molecule has 0 amide bonds. The predicted octanol–water partition coefficient (Wildman–Crippen LogP) is 3.19. The number of nitrogens with zero attached hydrogens (tertiary/aromatic N) is 1. The summed E-state index contributed by atoms with van der Waals surface area (Å²) in [5.41, 5.74) is 3.92. The fourth-order valence-electron chi connectivity index (χ4n) is 2.84. The van der Waals surface area contributed by atoms with Gasteiger partial charge in [-0.3, -0.25) is 4.90 Å². The zero-order valence-electron chi connectivity index (χ0n) is 10.8. The first kappa shape index (κ1) is 11.3. The van der Waals surface area contributed by atoms with Gasteiger partial charge in [0.1, 0.15) is 5.70 Å². The Hall–Kier alpha value is -2.55. The van der Waals surface area contributed by atoms with Gasteiger partial charge in [0.15, 0.2) is 0 Å². The third-order valence-corrected chi connectivity index (χ3v) is 3.77. The van der Waals surface area contributed by atoms with E-state index in [0.29, 0.717) is 5.70 Å². The second kappa shape index (κ2) is 4.23. The SMILES string of the molecule is O=C1OC(c2ccccc2)N2C1=CCc1ccccc12. The lowest BCUT2D eigenvalue weighted by molar-refractivity contribution is -0.139. The molecule has 0 saturated carbocycles. The van der Waals surface area contributed by atoms with E-state index in [1.54, 1.807) is 0 Å². The number of rotatable bonds is 1. The van der Waals surface area contributed by atoms with Crippen LogP contribution in [-0.2, 0) is 16.0 Å². The van der Waals surface area contributed by atoms with Crippen LogP contribution < -0.4 is 4.90 Å². The van der Waals surface area contributed by atoms with Crippen molar-refractivity contribution in [3.05, 3.63) is 77.5 Å². The summed E-state index contributed by atoms with van der Waals surface area (Å²) in [5.74, 6) is -0.242. The Morgan fingerprint density at radius 2 is 1.75 bits per heavy atom. The minimum absolute atomic E-state index is 0.242. The van der Waals surface area contributed by atoms with E-state index in [4.69, 9.17) is 4.74 Å². The maximum absolute atomic E-state index is 12.1. The monoisotopic (exact) mass is 263 g/mol. The maximum Gasteiger partial charge on any atom is 0.356 e. The number of esters is 1. The Kier molecular flexibility index (Phi) is 2.39. The van der Waals surface area contributed by atoms with Gasteiger partial charge in [-0.15, -0.1) is 0 Å². The van der Waals surface area contributed by atoms with E-state index in [1.807, 2.05) is 59.5 Å². The quantitative estimate of drug-likeness (QED) is 0.740. The highest BCUT2D eigenvalue weighted by Crippen LogP contribution is 2.42. The van der Waals surface area contributed by atoms with Gasteiger partial charge in [-0.25, -0.2) is 4.79 Å². The summed E-state index contributed by atoms with van der Waals surface area (Å²) in [6.07, 6.45) is 2.36. The number of hydrogen-bond donors (Lipinski definition) is 0. The lowest BCUT2D eigenvalue weighted by Crippen LogP contribution is -2.25. The molecule has 0 bridgehead atoms. The Morgan fingerprint density at radius 3 is 2.60 bits per heavy atom. The number of allylic oxidation sites excluding steroid dienone is 1. The molecule has 98 valence electrons. The average Bonchev–Trinajstić information content (AvgIpc) is 2.86. The minimum atomic E-state index is -0.364. The van der Waals surface area contributed by atoms with Gasteiger partial charge < -0.3 is 4.74 Å². The van der Waals surface area contributed by atoms with Crippen molar-refractivity contribution in [3.63, 3.8) is 0 Å². The summed E-state index contributed by atoms with van der Waals surface area (Å²) in [6.45, 7) is 0. The molecule has 2 aromatic rings. The second-order valence-electron chi connectivity index (χ2n) is 4.96. The van der Waals surface area contributed by atoms with Gasteiger partial charge in [0.2, 0.25) is 6.23 Å². The number of benzene rings is 2. The van der Waals surface area contributed by atoms with Crippen molar-refractivity contribution in [2.24, 2.45) is 0 Å². The van der Waals surface area contributed by atoms with Gasteiger partial charge in [-0.2, -0.15) is 0 Å². The average molecular weight is 263 g/mol. The van der Waals surface area contributed by atoms with Crippen LogP contribution in [0.1, 0.15) is 17.4 Å². The largest absolute Gasteiger partial charge is 0.432 e. The molecule has 0 radical (unpaired) electrons. The molecule has 0 N–H and O–H groups in total. The van der Waals surface area contributed by atoms with Crippen molar-refractivity contribution >= 4 is 11.7 Å². The normalized spacial score (nSPS) is 20.0. The highest BCUT2D eigenvalue weighted by Gasteiger charge is 2.40. The topological polar surface area (TPSA) is 29.5 Å². The predicted molar refractivity (Wildman–Crippen MR) is 76.0 cm³/mol. The standard InChI is InChI=1S/C17H13NO2/c19-17-15-11-10-12-6-4-5-9-14(12)18(15)16(20-17)13-7-2-1-3-8-13/h1-9,11,16H,10H2. The molecule has 3 heteroatoms. The summed E-state index contributed by atoms with van der Waals surface area (Å²) >= 11 is 0. The van der Waals surface area contributed by atoms with Crippen LogP contribution in [0.15, 0.2) is 66.4 Å². The van der Waals surface area contributed by atoms with E-state index in [9.17, 15) is 4.79 Å².